The molecule has 0 aromatic heterocycles. The summed E-state index contributed by atoms with van der Waals surface area (Å²) in [6.07, 6.45) is 0. The van der Waals surface area contributed by atoms with Crippen molar-refractivity contribution < 1.29 is 14.6 Å². The highest BCUT2D eigenvalue weighted by Crippen LogP contribution is 1.98. The first-order valence-electron chi connectivity index (χ1n) is 6.00. The minimum Gasteiger partial charge on any atom is -0.395 e. The molecule has 1 unspecified atom stereocenters. The zero-order valence-electron chi connectivity index (χ0n) is 10.5. The number of hydrogen-bond donors (Lipinski definition) is 2. The Morgan fingerprint density at radius 1 is 1.12 bits per heavy atom. The molecule has 0 bridgehead atoms. The molecule has 5 nitrogen and oxygen atoms in total. The van der Waals surface area contributed by atoms with E-state index in [0.717, 1.165) is 13.1 Å². The second kappa shape index (κ2) is 11.3. The van der Waals surface area contributed by atoms with Crippen molar-refractivity contribution in [1.29, 1.82) is 0 Å². The van der Waals surface area contributed by atoms with Crippen LogP contribution in [0.3, 0.4) is 0 Å². The van der Waals surface area contributed by atoms with E-state index in [1.54, 1.807) is 0 Å². The van der Waals surface area contributed by atoms with Gasteiger partial charge in [0.2, 0.25) is 0 Å². The molecule has 0 fully saturated rings. The SMILES string of the molecule is CCOCCN(CCOCC)C(CN)CO. The summed E-state index contributed by atoms with van der Waals surface area (Å²) >= 11 is 0. The summed E-state index contributed by atoms with van der Waals surface area (Å²) in [5.74, 6) is 0. The van der Waals surface area contributed by atoms with Crippen molar-refractivity contribution in [1.82, 2.24) is 4.90 Å². The second-order valence-electron chi connectivity index (χ2n) is 3.50. The molecule has 98 valence electrons. The Morgan fingerprint density at radius 2 is 1.62 bits per heavy atom. The third-order valence-electron chi connectivity index (χ3n) is 2.45. The number of ether oxygens (including phenoxy) is 2. The molecule has 0 radical (unpaired) electrons. The first-order chi connectivity index (χ1) is 7.79. The molecule has 1 atom stereocenters. The predicted octanol–water partition coefficient (Wildman–Crippen LogP) is -0.319. The highest BCUT2D eigenvalue weighted by Gasteiger charge is 2.15. The zero-order chi connectivity index (χ0) is 12.2. The maximum atomic E-state index is 9.21. The summed E-state index contributed by atoms with van der Waals surface area (Å²) < 4.78 is 10.6. The molecular formula is C11H26N2O3. The fourth-order valence-corrected chi connectivity index (χ4v) is 1.47. The molecule has 0 aliphatic heterocycles. The summed E-state index contributed by atoms with van der Waals surface area (Å²) in [6.45, 7) is 8.79. The van der Waals surface area contributed by atoms with Gasteiger partial charge in [0.1, 0.15) is 0 Å². The number of hydrogen-bond acceptors (Lipinski definition) is 5. The molecule has 0 spiro atoms. The fourth-order valence-electron chi connectivity index (χ4n) is 1.47. The molecule has 0 saturated heterocycles. The van der Waals surface area contributed by atoms with E-state index in [2.05, 4.69) is 4.90 Å². The van der Waals surface area contributed by atoms with Crippen molar-refractivity contribution >= 4 is 0 Å². The lowest BCUT2D eigenvalue weighted by Gasteiger charge is -2.29. The summed E-state index contributed by atoms with van der Waals surface area (Å²) in [5.41, 5.74) is 5.61. The van der Waals surface area contributed by atoms with E-state index in [-0.39, 0.29) is 12.6 Å². The molecular weight excluding hydrogens is 208 g/mol. The molecule has 0 heterocycles. The Morgan fingerprint density at radius 3 is 1.94 bits per heavy atom. The summed E-state index contributed by atoms with van der Waals surface area (Å²) in [6, 6.07) is 0.000845. The maximum Gasteiger partial charge on any atom is 0.0599 e. The summed E-state index contributed by atoms with van der Waals surface area (Å²) in [5, 5.41) is 9.21. The predicted molar refractivity (Wildman–Crippen MR) is 64.5 cm³/mol. The molecule has 0 aliphatic carbocycles. The van der Waals surface area contributed by atoms with Crippen LogP contribution in [-0.2, 0) is 9.47 Å². The van der Waals surface area contributed by atoms with Crippen LogP contribution in [0.2, 0.25) is 0 Å². The van der Waals surface area contributed by atoms with E-state index in [0.29, 0.717) is 33.0 Å². The van der Waals surface area contributed by atoms with Crippen molar-refractivity contribution in [3.63, 3.8) is 0 Å². The molecule has 16 heavy (non-hydrogen) atoms. The van der Waals surface area contributed by atoms with Crippen LogP contribution >= 0.6 is 0 Å². The van der Waals surface area contributed by atoms with Crippen molar-refractivity contribution in [2.24, 2.45) is 5.73 Å². The van der Waals surface area contributed by atoms with Crippen LogP contribution in [0, 0.1) is 0 Å². The van der Waals surface area contributed by atoms with Crippen LogP contribution in [0.1, 0.15) is 13.8 Å². The van der Waals surface area contributed by atoms with E-state index >= 15 is 0 Å². The third-order valence-corrected chi connectivity index (χ3v) is 2.45. The standard InChI is InChI=1S/C11H26N2O3/c1-3-15-7-5-13(6-8-16-4-2)11(9-12)10-14/h11,14H,3-10,12H2,1-2H3. The molecule has 0 aromatic rings. The van der Waals surface area contributed by atoms with E-state index in [1.807, 2.05) is 13.8 Å². The monoisotopic (exact) mass is 234 g/mol. The summed E-state index contributed by atoms with van der Waals surface area (Å²) in [7, 11) is 0. The quantitative estimate of drug-likeness (QED) is 0.480. The minimum absolute atomic E-state index is 0.000845. The Labute approximate surface area is 98.5 Å². The first-order valence-corrected chi connectivity index (χ1v) is 6.00. The Bertz CT molecular complexity index is 133. The highest BCUT2D eigenvalue weighted by molar-refractivity contribution is 4.71. The van der Waals surface area contributed by atoms with E-state index in [1.165, 1.54) is 0 Å². The third kappa shape index (κ3) is 7.14. The summed E-state index contributed by atoms with van der Waals surface area (Å²) in [4.78, 5) is 2.12. The van der Waals surface area contributed by atoms with Crippen molar-refractivity contribution in [2.75, 3.05) is 52.7 Å². The lowest BCUT2D eigenvalue weighted by molar-refractivity contribution is 0.0479. The highest BCUT2D eigenvalue weighted by atomic mass is 16.5. The molecule has 0 aromatic carbocycles. The van der Waals surface area contributed by atoms with Gasteiger partial charge in [0.25, 0.3) is 0 Å². The van der Waals surface area contributed by atoms with Gasteiger partial charge in [-0.25, -0.2) is 0 Å². The van der Waals surface area contributed by atoms with Crippen LogP contribution in [0.25, 0.3) is 0 Å². The van der Waals surface area contributed by atoms with Crippen LogP contribution in [0.4, 0.5) is 0 Å². The van der Waals surface area contributed by atoms with Gasteiger partial charge in [-0.2, -0.15) is 0 Å². The number of aliphatic hydroxyl groups excluding tert-OH is 1. The van der Waals surface area contributed by atoms with Gasteiger partial charge in [-0.15, -0.1) is 0 Å². The van der Waals surface area contributed by atoms with Crippen molar-refractivity contribution in [3.05, 3.63) is 0 Å². The average Bonchev–Trinajstić information content (AvgIpc) is 2.30. The van der Waals surface area contributed by atoms with Crippen LogP contribution < -0.4 is 5.73 Å². The van der Waals surface area contributed by atoms with Gasteiger partial charge in [-0.05, 0) is 13.8 Å². The molecule has 0 aliphatic rings. The van der Waals surface area contributed by atoms with Crippen molar-refractivity contribution in [3.8, 4) is 0 Å². The largest absolute Gasteiger partial charge is 0.395 e. The first kappa shape index (κ1) is 15.8. The molecule has 3 N–H and O–H groups in total. The van der Waals surface area contributed by atoms with E-state index in [9.17, 15) is 5.11 Å². The molecule has 5 heteroatoms. The normalized spacial score (nSPS) is 13.3. The van der Waals surface area contributed by atoms with Gasteiger partial charge in [-0.1, -0.05) is 0 Å². The van der Waals surface area contributed by atoms with Gasteiger partial charge in [-0.3, -0.25) is 4.90 Å². The minimum atomic E-state index is 0.000845. The van der Waals surface area contributed by atoms with E-state index in [4.69, 9.17) is 15.2 Å². The Balaban J connectivity index is 3.93. The lowest BCUT2D eigenvalue weighted by Crippen LogP contribution is -2.46. The number of aliphatic hydroxyl groups is 1. The maximum absolute atomic E-state index is 9.21. The van der Waals surface area contributed by atoms with Crippen LogP contribution in [0.5, 0.6) is 0 Å². The molecule has 0 amide bonds. The van der Waals surface area contributed by atoms with E-state index < -0.39 is 0 Å². The molecule has 0 saturated carbocycles. The average molecular weight is 234 g/mol. The second-order valence-corrected chi connectivity index (χ2v) is 3.50. The number of rotatable bonds is 11. The Kier molecular flexibility index (Phi) is 11.1. The zero-order valence-corrected chi connectivity index (χ0v) is 10.5. The fraction of sp³-hybridized carbons (Fsp3) is 1.00. The molecule has 0 rings (SSSR count). The van der Waals surface area contributed by atoms with Gasteiger partial charge >= 0.3 is 0 Å². The number of nitrogens with two attached hydrogens (primary N) is 1. The van der Waals surface area contributed by atoms with Gasteiger partial charge in [0, 0.05) is 38.9 Å². The Hall–Kier alpha value is -0.200. The van der Waals surface area contributed by atoms with Crippen LogP contribution in [0.15, 0.2) is 0 Å². The lowest BCUT2D eigenvalue weighted by atomic mass is 10.2. The topological polar surface area (TPSA) is 68.0 Å². The number of nitrogens with zero attached hydrogens (tertiary/aromatic N) is 1. The van der Waals surface area contributed by atoms with Gasteiger partial charge < -0.3 is 20.3 Å². The van der Waals surface area contributed by atoms with Gasteiger partial charge in [0.15, 0.2) is 0 Å². The van der Waals surface area contributed by atoms with Crippen molar-refractivity contribution in [2.45, 2.75) is 19.9 Å². The van der Waals surface area contributed by atoms with Crippen LogP contribution in [-0.4, -0.2) is 68.7 Å². The van der Waals surface area contributed by atoms with Gasteiger partial charge in [0.05, 0.1) is 19.8 Å². The smallest absolute Gasteiger partial charge is 0.0599 e.